The molecule has 3 rings (SSSR count). The minimum absolute atomic E-state index is 0.665. The van der Waals surface area contributed by atoms with Crippen molar-refractivity contribution in [3.8, 4) is 10.6 Å². The highest BCUT2D eigenvalue weighted by Crippen LogP contribution is 2.36. The molecule has 0 spiro atoms. The molecule has 17 heavy (non-hydrogen) atoms. The van der Waals surface area contributed by atoms with Crippen LogP contribution in [0.1, 0.15) is 24.3 Å². The zero-order valence-corrected chi connectivity index (χ0v) is 11.1. The van der Waals surface area contributed by atoms with Crippen molar-refractivity contribution < 1.29 is 4.42 Å². The maximum atomic E-state index is 6.20. The lowest BCUT2D eigenvalue weighted by Crippen LogP contribution is -2.15. The summed E-state index contributed by atoms with van der Waals surface area (Å²) in [6.45, 7) is 2.70. The van der Waals surface area contributed by atoms with Crippen LogP contribution < -0.4 is 5.32 Å². The number of hydrogen-bond acceptors (Lipinski definition) is 4. The lowest BCUT2D eigenvalue weighted by molar-refractivity contribution is 0.477. The first-order valence-electron chi connectivity index (χ1n) is 5.66. The fourth-order valence-corrected chi connectivity index (χ4v) is 2.85. The summed E-state index contributed by atoms with van der Waals surface area (Å²) in [6.07, 6.45) is 4.29. The van der Waals surface area contributed by atoms with Gasteiger partial charge in [-0.25, -0.2) is 4.98 Å². The van der Waals surface area contributed by atoms with Crippen LogP contribution in [0, 0.1) is 6.92 Å². The SMILES string of the molecule is Cc1csc(-c2cnc(CNC3CC3)o2)c1Cl. The van der Waals surface area contributed by atoms with Crippen LogP contribution >= 0.6 is 22.9 Å². The standard InChI is InChI=1S/C12H13ClN2OS/c1-7-6-17-12(11(7)13)9-4-15-10(16-9)5-14-8-2-3-8/h4,6,8,14H,2-3,5H2,1H3. The van der Waals surface area contributed by atoms with E-state index >= 15 is 0 Å². The molecule has 2 aromatic heterocycles. The van der Waals surface area contributed by atoms with E-state index in [-0.39, 0.29) is 0 Å². The van der Waals surface area contributed by atoms with Crippen molar-refractivity contribution in [2.45, 2.75) is 32.4 Å². The molecule has 5 heteroatoms. The highest BCUT2D eigenvalue weighted by molar-refractivity contribution is 7.14. The minimum Gasteiger partial charge on any atom is -0.438 e. The minimum atomic E-state index is 0.665. The number of nitrogens with zero attached hydrogens (tertiary/aromatic N) is 1. The molecule has 0 unspecified atom stereocenters. The Morgan fingerprint density at radius 1 is 1.59 bits per heavy atom. The Kier molecular flexibility index (Phi) is 2.94. The normalized spacial score (nSPS) is 15.4. The second-order valence-electron chi connectivity index (χ2n) is 4.34. The van der Waals surface area contributed by atoms with Gasteiger partial charge in [0.2, 0.25) is 5.89 Å². The maximum absolute atomic E-state index is 6.20. The molecule has 0 bridgehead atoms. The van der Waals surface area contributed by atoms with Gasteiger partial charge in [0.25, 0.3) is 0 Å². The highest BCUT2D eigenvalue weighted by Gasteiger charge is 2.21. The van der Waals surface area contributed by atoms with E-state index in [0.717, 1.165) is 27.1 Å². The van der Waals surface area contributed by atoms with E-state index in [9.17, 15) is 0 Å². The van der Waals surface area contributed by atoms with Crippen LogP contribution in [0.3, 0.4) is 0 Å². The van der Waals surface area contributed by atoms with Crippen LogP contribution in [0.2, 0.25) is 5.02 Å². The molecule has 0 aliphatic heterocycles. The summed E-state index contributed by atoms with van der Waals surface area (Å²) in [6, 6.07) is 0.665. The van der Waals surface area contributed by atoms with Gasteiger partial charge in [0.15, 0.2) is 5.76 Å². The van der Waals surface area contributed by atoms with E-state index in [1.807, 2.05) is 12.3 Å². The Morgan fingerprint density at radius 2 is 2.41 bits per heavy atom. The molecule has 2 heterocycles. The molecular formula is C12H13ClN2OS. The van der Waals surface area contributed by atoms with Gasteiger partial charge in [0.1, 0.15) is 0 Å². The Bertz CT molecular complexity index is 530. The monoisotopic (exact) mass is 268 g/mol. The second kappa shape index (κ2) is 4.44. The van der Waals surface area contributed by atoms with E-state index in [4.69, 9.17) is 16.0 Å². The summed E-state index contributed by atoms with van der Waals surface area (Å²) in [5, 5.41) is 6.17. The Morgan fingerprint density at radius 3 is 3.06 bits per heavy atom. The molecule has 1 aliphatic carbocycles. The molecule has 0 saturated heterocycles. The van der Waals surface area contributed by atoms with E-state index < -0.39 is 0 Å². The predicted molar refractivity (Wildman–Crippen MR) is 69.4 cm³/mol. The molecule has 1 fully saturated rings. The number of halogens is 1. The van der Waals surface area contributed by atoms with Gasteiger partial charge in [0, 0.05) is 6.04 Å². The van der Waals surface area contributed by atoms with Crippen molar-refractivity contribution in [3.05, 3.63) is 28.1 Å². The molecule has 0 aromatic carbocycles. The lowest BCUT2D eigenvalue weighted by atomic mass is 10.3. The van der Waals surface area contributed by atoms with Crippen LogP contribution in [0.15, 0.2) is 16.0 Å². The Hall–Kier alpha value is -0.840. The third-order valence-corrected chi connectivity index (χ3v) is 4.51. The summed E-state index contributed by atoms with van der Waals surface area (Å²) < 4.78 is 5.69. The van der Waals surface area contributed by atoms with Crippen LogP contribution in [0.4, 0.5) is 0 Å². The zero-order chi connectivity index (χ0) is 11.8. The van der Waals surface area contributed by atoms with Gasteiger partial charge in [-0.2, -0.15) is 0 Å². The van der Waals surface area contributed by atoms with E-state index in [1.54, 1.807) is 17.5 Å². The van der Waals surface area contributed by atoms with Gasteiger partial charge in [-0.15, -0.1) is 11.3 Å². The third-order valence-electron chi connectivity index (χ3n) is 2.80. The summed E-state index contributed by atoms with van der Waals surface area (Å²) in [5.41, 5.74) is 1.08. The molecular weight excluding hydrogens is 256 g/mol. The topological polar surface area (TPSA) is 38.1 Å². The summed E-state index contributed by atoms with van der Waals surface area (Å²) in [4.78, 5) is 5.23. The summed E-state index contributed by atoms with van der Waals surface area (Å²) in [5.74, 6) is 1.50. The quantitative estimate of drug-likeness (QED) is 0.920. The average molecular weight is 269 g/mol. The lowest BCUT2D eigenvalue weighted by Gasteiger charge is -1.97. The van der Waals surface area contributed by atoms with Gasteiger partial charge >= 0.3 is 0 Å². The smallest absolute Gasteiger partial charge is 0.208 e. The Labute approximate surface area is 109 Å². The fraction of sp³-hybridized carbons (Fsp3) is 0.417. The van der Waals surface area contributed by atoms with Gasteiger partial charge < -0.3 is 9.73 Å². The maximum Gasteiger partial charge on any atom is 0.208 e. The van der Waals surface area contributed by atoms with Crippen molar-refractivity contribution >= 4 is 22.9 Å². The molecule has 0 radical (unpaired) electrons. The van der Waals surface area contributed by atoms with Crippen LogP contribution in [0.5, 0.6) is 0 Å². The number of aryl methyl sites for hydroxylation is 1. The van der Waals surface area contributed by atoms with E-state index in [2.05, 4.69) is 10.3 Å². The number of aromatic nitrogens is 1. The predicted octanol–water partition coefficient (Wildman–Crippen LogP) is 3.62. The summed E-state index contributed by atoms with van der Waals surface area (Å²) >= 11 is 7.79. The molecule has 0 atom stereocenters. The number of nitrogens with one attached hydrogen (secondary N) is 1. The van der Waals surface area contributed by atoms with Gasteiger partial charge in [-0.05, 0) is 30.7 Å². The first kappa shape index (κ1) is 11.3. The Balaban J connectivity index is 1.76. The number of thiophene rings is 1. The van der Waals surface area contributed by atoms with Crippen molar-refractivity contribution in [2.75, 3.05) is 0 Å². The molecule has 1 aliphatic rings. The van der Waals surface area contributed by atoms with Crippen molar-refractivity contribution in [3.63, 3.8) is 0 Å². The highest BCUT2D eigenvalue weighted by atomic mass is 35.5. The first-order chi connectivity index (χ1) is 8.24. The van der Waals surface area contributed by atoms with Crippen molar-refractivity contribution in [1.29, 1.82) is 0 Å². The molecule has 1 saturated carbocycles. The molecule has 1 N–H and O–H groups in total. The van der Waals surface area contributed by atoms with Crippen LogP contribution in [-0.4, -0.2) is 11.0 Å². The average Bonchev–Trinajstić information content (AvgIpc) is 2.95. The van der Waals surface area contributed by atoms with Crippen LogP contribution in [-0.2, 0) is 6.54 Å². The fourth-order valence-electron chi connectivity index (χ4n) is 1.61. The molecule has 0 amide bonds. The summed E-state index contributed by atoms with van der Waals surface area (Å²) in [7, 11) is 0. The number of hydrogen-bond donors (Lipinski definition) is 1. The first-order valence-corrected chi connectivity index (χ1v) is 6.92. The van der Waals surface area contributed by atoms with E-state index in [1.165, 1.54) is 12.8 Å². The second-order valence-corrected chi connectivity index (χ2v) is 5.59. The number of oxazole rings is 1. The number of rotatable bonds is 4. The molecule has 2 aromatic rings. The molecule has 3 nitrogen and oxygen atoms in total. The van der Waals surface area contributed by atoms with Gasteiger partial charge in [-0.1, -0.05) is 11.6 Å². The third kappa shape index (κ3) is 2.39. The largest absolute Gasteiger partial charge is 0.438 e. The zero-order valence-electron chi connectivity index (χ0n) is 9.50. The molecule has 90 valence electrons. The van der Waals surface area contributed by atoms with E-state index in [0.29, 0.717) is 12.6 Å². The van der Waals surface area contributed by atoms with Crippen molar-refractivity contribution in [2.24, 2.45) is 0 Å². The van der Waals surface area contributed by atoms with Crippen LogP contribution in [0.25, 0.3) is 10.6 Å². The van der Waals surface area contributed by atoms with Gasteiger partial charge in [0.05, 0.1) is 22.6 Å². The van der Waals surface area contributed by atoms with Gasteiger partial charge in [-0.3, -0.25) is 0 Å². The van der Waals surface area contributed by atoms with Crippen molar-refractivity contribution in [1.82, 2.24) is 10.3 Å².